The normalized spacial score (nSPS) is 28.4. The van der Waals surface area contributed by atoms with E-state index in [9.17, 15) is 19.5 Å². The number of aliphatic hydroxyl groups is 1. The first-order chi connectivity index (χ1) is 20.3. The van der Waals surface area contributed by atoms with E-state index in [2.05, 4.69) is 17.6 Å². The maximum Gasteiger partial charge on any atom is 0.248 e. The van der Waals surface area contributed by atoms with E-state index < -0.39 is 28.7 Å². The lowest BCUT2D eigenvalue weighted by molar-refractivity contribution is -0.142. The van der Waals surface area contributed by atoms with Crippen LogP contribution in [0.1, 0.15) is 41.6 Å². The summed E-state index contributed by atoms with van der Waals surface area (Å²) in [5.41, 5.74) is 4.39. The molecule has 42 heavy (non-hydrogen) atoms. The average Bonchev–Trinajstić information content (AvgIpc) is 3.59. The Hall–Kier alpha value is -3.62. The summed E-state index contributed by atoms with van der Waals surface area (Å²) in [7, 11) is 0. The summed E-state index contributed by atoms with van der Waals surface area (Å²) in [5, 5.41) is 16.9. The number of benzene rings is 3. The van der Waals surface area contributed by atoms with Gasteiger partial charge in [-0.3, -0.25) is 14.4 Å². The van der Waals surface area contributed by atoms with Crippen LogP contribution in [0.2, 0.25) is 0 Å². The SMILES string of the molecule is Cc1ccc(C)c(NC(=O)C2N([C@H](CO)c3ccccc3)C(=O)[C@@H]3[C@H](C(=O)NCc4ccccc4)[C@@H]4CC(C)C23S4)c1. The lowest BCUT2D eigenvalue weighted by Crippen LogP contribution is -2.55. The first kappa shape index (κ1) is 28.5. The zero-order chi connectivity index (χ0) is 29.6. The van der Waals surface area contributed by atoms with Gasteiger partial charge in [0.15, 0.2) is 0 Å². The van der Waals surface area contributed by atoms with Gasteiger partial charge in [-0.25, -0.2) is 0 Å². The Bertz CT molecular complexity index is 1500. The van der Waals surface area contributed by atoms with Crippen LogP contribution < -0.4 is 10.6 Å². The van der Waals surface area contributed by atoms with Crippen LogP contribution in [0.3, 0.4) is 0 Å². The number of fused-ring (bicyclic) bond motifs is 1. The van der Waals surface area contributed by atoms with Crippen molar-refractivity contribution in [2.45, 2.75) is 55.8 Å². The standard InChI is InChI=1S/C34H37N3O4S/c1-20-14-15-21(2)25(16-20)36-32(40)30-34-22(3)17-27(42-34)28(31(39)35-18-23-10-6-4-7-11-23)29(34)33(41)37(30)26(19-38)24-12-8-5-9-13-24/h4-16,22,26-30,38H,17-19H2,1-3H3,(H,35,39)(H,36,40)/t22?,26-,27+,28-,29+,30?,34?/m1/s1. The second kappa shape index (κ2) is 11.2. The minimum absolute atomic E-state index is 0.0223. The molecule has 1 spiro atoms. The number of nitrogens with zero attached hydrogens (tertiary/aromatic N) is 1. The van der Waals surface area contributed by atoms with Gasteiger partial charge < -0.3 is 20.6 Å². The van der Waals surface area contributed by atoms with Crippen molar-refractivity contribution in [1.82, 2.24) is 10.2 Å². The van der Waals surface area contributed by atoms with Crippen molar-refractivity contribution < 1.29 is 19.5 Å². The maximum absolute atomic E-state index is 14.6. The summed E-state index contributed by atoms with van der Waals surface area (Å²) in [4.78, 5) is 44.5. The number of nitrogens with one attached hydrogen (secondary N) is 2. The lowest BCUT2D eigenvalue weighted by Gasteiger charge is -2.40. The number of hydrogen-bond acceptors (Lipinski definition) is 5. The minimum Gasteiger partial charge on any atom is -0.394 e. The van der Waals surface area contributed by atoms with E-state index >= 15 is 0 Å². The lowest BCUT2D eigenvalue weighted by atomic mass is 9.66. The molecule has 8 heteroatoms. The number of aryl methyl sites for hydroxylation is 2. The average molecular weight is 584 g/mol. The van der Waals surface area contributed by atoms with Crippen molar-refractivity contribution in [2.24, 2.45) is 17.8 Å². The summed E-state index contributed by atoms with van der Waals surface area (Å²) < 4.78 is -0.791. The van der Waals surface area contributed by atoms with E-state index in [1.807, 2.05) is 92.7 Å². The zero-order valence-corrected chi connectivity index (χ0v) is 24.9. The topological polar surface area (TPSA) is 98.7 Å². The van der Waals surface area contributed by atoms with Crippen LogP contribution in [0.15, 0.2) is 78.9 Å². The number of carbonyl (C=O) groups excluding carboxylic acids is 3. The Labute approximate surface area is 251 Å². The number of carbonyl (C=O) groups is 3. The van der Waals surface area contributed by atoms with Crippen molar-refractivity contribution in [3.8, 4) is 0 Å². The summed E-state index contributed by atoms with van der Waals surface area (Å²) in [6, 6.07) is 23.4. The largest absolute Gasteiger partial charge is 0.394 e. The highest BCUT2D eigenvalue weighted by Gasteiger charge is 2.76. The molecule has 3 saturated heterocycles. The second-order valence-corrected chi connectivity index (χ2v) is 13.5. The van der Waals surface area contributed by atoms with E-state index in [-0.39, 0.29) is 35.5 Å². The van der Waals surface area contributed by atoms with Crippen molar-refractivity contribution in [3.63, 3.8) is 0 Å². The Morgan fingerprint density at radius 2 is 1.71 bits per heavy atom. The Morgan fingerprint density at radius 1 is 1.02 bits per heavy atom. The van der Waals surface area contributed by atoms with Gasteiger partial charge >= 0.3 is 0 Å². The summed E-state index contributed by atoms with van der Waals surface area (Å²) in [6.07, 6.45) is 0.744. The first-order valence-corrected chi connectivity index (χ1v) is 15.5. The number of amides is 3. The molecule has 3 unspecified atom stereocenters. The predicted octanol–water partition coefficient (Wildman–Crippen LogP) is 4.63. The van der Waals surface area contributed by atoms with Crippen LogP contribution >= 0.6 is 11.8 Å². The van der Waals surface area contributed by atoms with E-state index in [1.165, 1.54) is 0 Å². The van der Waals surface area contributed by atoms with Crippen molar-refractivity contribution in [3.05, 3.63) is 101 Å². The molecule has 6 rings (SSSR count). The molecular formula is C34H37N3O4S. The number of aliphatic hydroxyl groups excluding tert-OH is 1. The van der Waals surface area contributed by atoms with Gasteiger partial charge in [-0.2, -0.15) is 0 Å². The maximum atomic E-state index is 14.6. The highest BCUT2D eigenvalue weighted by Crippen LogP contribution is 2.69. The fourth-order valence-corrected chi connectivity index (χ4v) is 9.81. The molecule has 3 aromatic carbocycles. The van der Waals surface area contributed by atoms with E-state index in [1.54, 1.807) is 16.7 Å². The third-order valence-corrected chi connectivity index (χ3v) is 11.5. The van der Waals surface area contributed by atoms with Crippen LogP contribution in [-0.4, -0.2) is 50.4 Å². The van der Waals surface area contributed by atoms with Crippen LogP contribution in [-0.2, 0) is 20.9 Å². The van der Waals surface area contributed by atoms with Gasteiger partial charge in [-0.05, 0) is 54.5 Å². The number of anilines is 1. The number of rotatable bonds is 8. The van der Waals surface area contributed by atoms with E-state index in [0.29, 0.717) is 12.2 Å². The third kappa shape index (κ3) is 4.61. The smallest absolute Gasteiger partial charge is 0.248 e. The van der Waals surface area contributed by atoms with Gasteiger partial charge in [0.05, 0.1) is 29.2 Å². The van der Waals surface area contributed by atoms with Gasteiger partial charge in [0, 0.05) is 17.5 Å². The molecule has 3 aliphatic rings. The molecule has 3 N–H and O–H groups in total. The van der Waals surface area contributed by atoms with Crippen molar-refractivity contribution >= 4 is 35.2 Å². The predicted molar refractivity (Wildman–Crippen MR) is 165 cm³/mol. The highest BCUT2D eigenvalue weighted by atomic mass is 32.2. The third-order valence-electron chi connectivity index (χ3n) is 9.39. The number of thioether (sulfide) groups is 1. The van der Waals surface area contributed by atoms with Crippen molar-refractivity contribution in [2.75, 3.05) is 11.9 Å². The number of likely N-dealkylation sites (tertiary alicyclic amines) is 1. The highest BCUT2D eigenvalue weighted by molar-refractivity contribution is 8.02. The fraction of sp³-hybridized carbons (Fsp3) is 0.382. The molecule has 3 aromatic rings. The monoisotopic (exact) mass is 583 g/mol. The molecule has 0 aromatic heterocycles. The zero-order valence-electron chi connectivity index (χ0n) is 24.1. The van der Waals surface area contributed by atoms with Gasteiger partial charge in [0.2, 0.25) is 17.7 Å². The molecule has 0 radical (unpaired) electrons. The Balaban J connectivity index is 1.40. The van der Waals surface area contributed by atoms with Gasteiger partial charge in [0.25, 0.3) is 0 Å². The van der Waals surface area contributed by atoms with Gasteiger partial charge in [-0.15, -0.1) is 11.8 Å². The van der Waals surface area contributed by atoms with Gasteiger partial charge in [-0.1, -0.05) is 79.7 Å². The Kier molecular flexibility index (Phi) is 7.62. The van der Waals surface area contributed by atoms with Crippen LogP contribution in [0.4, 0.5) is 5.69 Å². The van der Waals surface area contributed by atoms with Crippen LogP contribution in [0.5, 0.6) is 0 Å². The number of hydrogen-bond donors (Lipinski definition) is 3. The van der Waals surface area contributed by atoms with E-state index in [0.717, 1.165) is 28.7 Å². The van der Waals surface area contributed by atoms with Crippen LogP contribution in [0.25, 0.3) is 0 Å². The second-order valence-electron chi connectivity index (χ2n) is 11.9. The molecule has 2 bridgehead atoms. The molecule has 218 valence electrons. The molecule has 0 saturated carbocycles. The first-order valence-electron chi connectivity index (χ1n) is 14.6. The molecule has 3 aliphatic heterocycles. The summed E-state index contributed by atoms with van der Waals surface area (Å²) >= 11 is 1.63. The summed E-state index contributed by atoms with van der Waals surface area (Å²) in [6.45, 7) is 6.06. The van der Waals surface area contributed by atoms with Crippen LogP contribution in [0, 0.1) is 31.6 Å². The molecular weight excluding hydrogens is 546 g/mol. The Morgan fingerprint density at radius 3 is 2.40 bits per heavy atom. The minimum atomic E-state index is -0.857. The molecule has 7 atom stereocenters. The van der Waals surface area contributed by atoms with Gasteiger partial charge in [0.1, 0.15) is 6.04 Å². The molecule has 0 aliphatic carbocycles. The molecule has 3 amide bonds. The summed E-state index contributed by atoms with van der Waals surface area (Å²) in [5.74, 6) is -1.87. The molecule has 7 nitrogen and oxygen atoms in total. The molecule has 3 heterocycles. The van der Waals surface area contributed by atoms with E-state index in [4.69, 9.17) is 0 Å². The fourth-order valence-electron chi connectivity index (χ4n) is 7.40. The molecule has 3 fully saturated rings. The quantitative estimate of drug-likeness (QED) is 0.359. The van der Waals surface area contributed by atoms with Crippen molar-refractivity contribution in [1.29, 1.82) is 0 Å².